The number of hydrogen-bond acceptors (Lipinski definition) is 1. The van der Waals surface area contributed by atoms with Gasteiger partial charge in [0.2, 0.25) is 0 Å². The Morgan fingerprint density at radius 2 is 2.14 bits per heavy atom. The summed E-state index contributed by atoms with van der Waals surface area (Å²) in [6, 6.07) is 8.66. The number of para-hydroxylation sites is 1. The molecule has 3 aliphatic rings. The maximum Gasteiger partial charge on any atom is 0.0461 e. The summed E-state index contributed by atoms with van der Waals surface area (Å²) in [6.45, 7) is 10.1. The third-order valence-corrected chi connectivity index (χ3v) is 5.19. The van der Waals surface area contributed by atoms with E-state index in [1.54, 1.807) is 0 Å². The molecule has 2 atom stereocenters. The van der Waals surface area contributed by atoms with E-state index < -0.39 is 0 Å². The first-order valence-corrected chi connectivity index (χ1v) is 7.94. The van der Waals surface area contributed by atoms with Crippen LogP contribution in [0, 0.1) is 5.92 Å². The van der Waals surface area contributed by atoms with Gasteiger partial charge in [0.05, 0.1) is 0 Å². The van der Waals surface area contributed by atoms with Gasteiger partial charge in [0.25, 0.3) is 0 Å². The van der Waals surface area contributed by atoms with Crippen molar-refractivity contribution in [1.29, 1.82) is 0 Å². The van der Waals surface area contributed by atoms with Gasteiger partial charge in [-0.3, -0.25) is 4.90 Å². The molecule has 2 nitrogen and oxygen atoms in total. The zero-order chi connectivity index (χ0) is 14.4. The van der Waals surface area contributed by atoms with E-state index in [9.17, 15) is 0 Å². The molecule has 1 unspecified atom stereocenters. The number of nitrogens with one attached hydrogen (secondary N) is 1. The number of fused-ring (bicyclic) bond motifs is 4. The summed E-state index contributed by atoms with van der Waals surface area (Å²) in [7, 11) is 0. The molecule has 1 aromatic heterocycles. The number of hydrogen-bond donors (Lipinski definition) is 1. The Hall–Kier alpha value is -1.80. The predicted octanol–water partition coefficient (Wildman–Crippen LogP) is 4.01. The Morgan fingerprint density at radius 1 is 1.29 bits per heavy atom. The molecule has 1 N–H and O–H groups in total. The molecular weight excluding hydrogens is 256 g/mol. The van der Waals surface area contributed by atoms with Crippen LogP contribution < -0.4 is 0 Å². The minimum absolute atomic E-state index is 0.510. The highest BCUT2D eigenvalue weighted by Gasteiger charge is 2.30. The Bertz CT molecular complexity index is 735. The highest BCUT2D eigenvalue weighted by atomic mass is 15.1. The summed E-state index contributed by atoms with van der Waals surface area (Å²) in [5.74, 6) is 0.510. The molecule has 0 aliphatic carbocycles. The highest BCUT2D eigenvalue weighted by Crippen LogP contribution is 2.39. The molecule has 1 fully saturated rings. The molecule has 2 bridgehead atoms. The van der Waals surface area contributed by atoms with Gasteiger partial charge in [-0.1, -0.05) is 36.4 Å². The van der Waals surface area contributed by atoms with Crippen LogP contribution in [0.15, 0.2) is 42.5 Å². The minimum Gasteiger partial charge on any atom is -0.355 e. The van der Waals surface area contributed by atoms with Crippen LogP contribution in [0.2, 0.25) is 0 Å². The van der Waals surface area contributed by atoms with Crippen LogP contribution in [-0.2, 0) is 6.42 Å². The van der Waals surface area contributed by atoms with Gasteiger partial charge in [0, 0.05) is 35.6 Å². The topological polar surface area (TPSA) is 19.0 Å². The van der Waals surface area contributed by atoms with Gasteiger partial charge in [0.15, 0.2) is 0 Å². The number of allylic oxidation sites excluding steroid dienone is 2. The van der Waals surface area contributed by atoms with E-state index in [1.165, 1.54) is 46.3 Å². The minimum atomic E-state index is 0.510. The van der Waals surface area contributed by atoms with E-state index in [1.807, 2.05) is 0 Å². The lowest BCUT2D eigenvalue weighted by Gasteiger charge is -2.33. The Kier molecular flexibility index (Phi) is 3.00. The molecule has 2 heteroatoms. The monoisotopic (exact) mass is 278 g/mol. The Morgan fingerprint density at radius 3 is 3.00 bits per heavy atom. The zero-order valence-corrected chi connectivity index (χ0v) is 12.7. The molecule has 1 aromatic carbocycles. The number of rotatable bonds is 0. The molecule has 2 aromatic rings. The zero-order valence-electron chi connectivity index (χ0n) is 12.7. The summed E-state index contributed by atoms with van der Waals surface area (Å²) >= 11 is 0. The predicted molar refractivity (Wildman–Crippen MR) is 89.3 cm³/mol. The van der Waals surface area contributed by atoms with Crippen molar-refractivity contribution >= 4 is 16.5 Å². The second kappa shape index (κ2) is 4.88. The summed E-state index contributed by atoms with van der Waals surface area (Å²) in [5.41, 5.74) is 6.83. The fraction of sp³-hybridized carbons (Fsp3) is 0.368. The van der Waals surface area contributed by atoms with Crippen molar-refractivity contribution in [2.45, 2.75) is 19.8 Å². The number of nitrogens with zero attached hydrogens (tertiary/aromatic N) is 1. The van der Waals surface area contributed by atoms with Crippen molar-refractivity contribution in [2.24, 2.45) is 5.92 Å². The van der Waals surface area contributed by atoms with E-state index in [2.05, 4.69) is 53.7 Å². The number of H-pyrrole nitrogens is 1. The molecule has 3 aliphatic heterocycles. The molecule has 4 heterocycles. The van der Waals surface area contributed by atoms with Gasteiger partial charge in [-0.25, -0.2) is 0 Å². The van der Waals surface area contributed by atoms with Crippen molar-refractivity contribution in [3.05, 3.63) is 53.8 Å². The molecule has 1 saturated heterocycles. The lowest BCUT2D eigenvalue weighted by atomic mass is 9.84. The number of aromatic amines is 1. The first kappa shape index (κ1) is 12.9. The Labute approximate surface area is 126 Å². The second-order valence-electron chi connectivity index (χ2n) is 6.28. The molecule has 21 heavy (non-hydrogen) atoms. The van der Waals surface area contributed by atoms with Crippen LogP contribution in [0.5, 0.6) is 0 Å². The average molecular weight is 278 g/mol. The van der Waals surface area contributed by atoms with E-state index in [4.69, 9.17) is 0 Å². The number of piperidine rings is 1. The lowest BCUT2D eigenvalue weighted by Crippen LogP contribution is -2.36. The molecule has 0 saturated carbocycles. The number of aromatic nitrogens is 1. The smallest absolute Gasteiger partial charge is 0.0461 e. The second-order valence-corrected chi connectivity index (χ2v) is 6.28. The maximum atomic E-state index is 4.48. The van der Waals surface area contributed by atoms with Crippen LogP contribution in [0.4, 0.5) is 0 Å². The number of benzene rings is 1. The lowest BCUT2D eigenvalue weighted by molar-refractivity contribution is 0.255. The SMILES string of the molecule is C=C1c2[nH]c3ccccc3c2CCN2CC[C@@H]1/C(=C\C)C2. The third-order valence-electron chi connectivity index (χ3n) is 5.19. The molecular formula is C19H22N2. The van der Waals surface area contributed by atoms with Gasteiger partial charge in [-0.2, -0.15) is 0 Å². The van der Waals surface area contributed by atoms with Crippen LogP contribution in [-0.4, -0.2) is 29.5 Å². The molecule has 0 amide bonds. The average Bonchev–Trinajstić information content (AvgIpc) is 2.93. The van der Waals surface area contributed by atoms with Crippen LogP contribution in [0.25, 0.3) is 16.5 Å². The Balaban J connectivity index is 1.91. The molecule has 0 spiro atoms. The van der Waals surface area contributed by atoms with E-state index >= 15 is 0 Å². The maximum absolute atomic E-state index is 4.48. The van der Waals surface area contributed by atoms with Crippen molar-refractivity contribution < 1.29 is 0 Å². The van der Waals surface area contributed by atoms with E-state index in [0.29, 0.717) is 5.92 Å². The normalized spacial score (nSPS) is 27.5. The largest absolute Gasteiger partial charge is 0.355 e. The van der Waals surface area contributed by atoms with Crippen LogP contribution >= 0.6 is 0 Å². The molecule has 0 radical (unpaired) electrons. The molecule has 5 rings (SSSR count). The first-order chi connectivity index (χ1) is 10.3. The first-order valence-electron chi connectivity index (χ1n) is 7.94. The van der Waals surface area contributed by atoms with Crippen molar-refractivity contribution in [2.75, 3.05) is 19.6 Å². The fourth-order valence-electron chi connectivity index (χ4n) is 4.00. The van der Waals surface area contributed by atoms with Gasteiger partial charge >= 0.3 is 0 Å². The van der Waals surface area contributed by atoms with Crippen LogP contribution in [0.1, 0.15) is 24.6 Å². The van der Waals surface area contributed by atoms with Crippen LogP contribution in [0.3, 0.4) is 0 Å². The van der Waals surface area contributed by atoms with E-state index in [-0.39, 0.29) is 0 Å². The standard InChI is InChI=1S/C19H22N2/c1-3-14-12-21-10-8-15(14)13(2)19-17(9-11-21)16-6-4-5-7-18(16)20-19/h3-7,15,20H,2,8-12H2,1H3/b14-3-/t15-/m0/s1. The van der Waals surface area contributed by atoms with Gasteiger partial charge < -0.3 is 4.98 Å². The summed E-state index contributed by atoms with van der Waals surface area (Å²) in [4.78, 5) is 6.24. The quantitative estimate of drug-likeness (QED) is 0.722. The third kappa shape index (κ3) is 1.97. The van der Waals surface area contributed by atoms with Gasteiger partial charge in [-0.15, -0.1) is 0 Å². The van der Waals surface area contributed by atoms with Gasteiger partial charge in [0.1, 0.15) is 0 Å². The van der Waals surface area contributed by atoms with Crippen molar-refractivity contribution in [1.82, 2.24) is 9.88 Å². The van der Waals surface area contributed by atoms with E-state index in [0.717, 1.165) is 19.5 Å². The summed E-state index contributed by atoms with van der Waals surface area (Å²) in [5, 5.41) is 1.37. The summed E-state index contributed by atoms with van der Waals surface area (Å²) in [6.07, 6.45) is 4.62. The molecule has 108 valence electrons. The van der Waals surface area contributed by atoms with Gasteiger partial charge in [-0.05, 0) is 43.5 Å². The summed E-state index contributed by atoms with van der Waals surface area (Å²) < 4.78 is 0. The fourth-order valence-corrected chi connectivity index (χ4v) is 4.00. The highest BCUT2D eigenvalue weighted by molar-refractivity contribution is 5.89. The van der Waals surface area contributed by atoms with Crippen molar-refractivity contribution in [3.8, 4) is 0 Å². The van der Waals surface area contributed by atoms with Crippen molar-refractivity contribution in [3.63, 3.8) is 0 Å².